The normalized spacial score (nSPS) is 16.7. The number of hydrogen-bond donors (Lipinski definition) is 1. The summed E-state index contributed by atoms with van der Waals surface area (Å²) >= 11 is 0. The molecule has 0 aromatic heterocycles. The lowest BCUT2D eigenvalue weighted by molar-refractivity contribution is -0.525. The zero-order valence-electron chi connectivity index (χ0n) is 11.3. The van der Waals surface area contributed by atoms with E-state index in [4.69, 9.17) is 5.11 Å². The highest BCUT2D eigenvalue weighted by Crippen LogP contribution is 2.58. The van der Waals surface area contributed by atoms with Crippen LogP contribution in [0.3, 0.4) is 0 Å². The lowest BCUT2D eigenvalue weighted by atomic mass is 10.1. The van der Waals surface area contributed by atoms with Gasteiger partial charge in [-0.05, 0) is 0 Å². The first kappa shape index (κ1) is 25.7. The molecule has 19 heteroatoms. The zero-order valence-corrected chi connectivity index (χ0v) is 11.3. The Morgan fingerprint density at radius 3 is 0.889 bits per heavy atom. The topological polar surface area (TPSA) is 29.5 Å². The fourth-order valence-corrected chi connectivity index (χ4v) is 1.02. The molecule has 0 aromatic carbocycles. The number of hydrogen-bond acceptors (Lipinski definition) is 2. The van der Waals surface area contributed by atoms with Gasteiger partial charge in [-0.15, -0.1) is 0 Å². The summed E-state index contributed by atoms with van der Waals surface area (Å²) in [5.41, 5.74) is 0. The lowest BCUT2D eigenvalue weighted by Gasteiger charge is -2.38. The average Bonchev–Trinajstić information content (AvgIpc) is 2.33. The SMILES string of the molecule is OC(F)(F)C(F)(F)C(F)(F)C(F)(F)OC(F)(F)C(F)(F)C(F)(F)C(F)(F)F. The Hall–Kier alpha value is -1.27. The van der Waals surface area contributed by atoms with Crippen LogP contribution in [0.25, 0.3) is 0 Å². The van der Waals surface area contributed by atoms with Crippen molar-refractivity contribution in [3.05, 3.63) is 0 Å². The predicted octanol–water partition coefficient (Wildman–Crippen LogP) is 4.88. The van der Waals surface area contributed by atoms with E-state index in [2.05, 4.69) is 0 Å². The van der Waals surface area contributed by atoms with Crippen LogP contribution in [-0.2, 0) is 4.74 Å². The molecular weight excluding hydrogens is 451 g/mol. The zero-order chi connectivity index (χ0) is 22.7. The highest BCUT2D eigenvalue weighted by atomic mass is 19.4. The van der Waals surface area contributed by atoms with Gasteiger partial charge in [0.1, 0.15) is 0 Å². The van der Waals surface area contributed by atoms with Gasteiger partial charge in [0, 0.05) is 0 Å². The molecule has 0 aliphatic rings. The Balaban J connectivity index is 6.19. The van der Waals surface area contributed by atoms with Crippen LogP contribution in [0.1, 0.15) is 0 Å². The monoisotopic (exact) mass is 452 g/mol. The van der Waals surface area contributed by atoms with Gasteiger partial charge in [0.2, 0.25) is 0 Å². The molecule has 164 valence electrons. The Labute approximate surface area is 134 Å². The second kappa shape index (κ2) is 6.11. The largest absolute Gasteiger partial charge is 0.460 e. The summed E-state index contributed by atoms with van der Waals surface area (Å²) in [7, 11) is 0. The van der Waals surface area contributed by atoms with Crippen molar-refractivity contribution in [3.63, 3.8) is 0 Å². The summed E-state index contributed by atoms with van der Waals surface area (Å²) < 4.78 is 211. The van der Waals surface area contributed by atoms with Gasteiger partial charge >= 0.3 is 48.2 Å². The Kier molecular flexibility index (Phi) is 5.83. The number of aliphatic hydroxyl groups is 1. The van der Waals surface area contributed by atoms with E-state index in [9.17, 15) is 74.6 Å². The van der Waals surface area contributed by atoms with Gasteiger partial charge < -0.3 is 5.11 Å². The number of rotatable bonds is 7. The number of ether oxygens (including phenoxy) is 1. The third kappa shape index (κ3) is 3.70. The molecule has 0 heterocycles. The molecule has 0 unspecified atom stereocenters. The Morgan fingerprint density at radius 2 is 0.667 bits per heavy atom. The van der Waals surface area contributed by atoms with Crippen molar-refractivity contribution in [2.24, 2.45) is 0 Å². The van der Waals surface area contributed by atoms with Crippen LogP contribution in [-0.4, -0.2) is 53.3 Å². The molecule has 0 bridgehead atoms. The molecule has 0 saturated carbocycles. The molecule has 1 N–H and O–H groups in total. The quantitative estimate of drug-likeness (QED) is 0.559. The highest BCUT2D eigenvalue weighted by molar-refractivity contribution is 5.00. The van der Waals surface area contributed by atoms with E-state index >= 15 is 0 Å². The molecule has 0 radical (unpaired) electrons. The van der Waals surface area contributed by atoms with E-state index in [1.807, 2.05) is 0 Å². The fraction of sp³-hybridized carbons (Fsp3) is 1.00. The van der Waals surface area contributed by atoms with Crippen molar-refractivity contribution in [1.82, 2.24) is 0 Å². The third-order valence-corrected chi connectivity index (χ3v) is 2.51. The van der Waals surface area contributed by atoms with Crippen molar-refractivity contribution in [2.45, 2.75) is 48.2 Å². The van der Waals surface area contributed by atoms with Gasteiger partial charge in [0.25, 0.3) is 0 Å². The highest BCUT2D eigenvalue weighted by Gasteiger charge is 2.88. The molecule has 0 amide bonds. The summed E-state index contributed by atoms with van der Waals surface area (Å²) in [6.45, 7) is 0. The molecular formula is C8HF17O2. The summed E-state index contributed by atoms with van der Waals surface area (Å²) in [6.07, 6.45) is -30.7. The van der Waals surface area contributed by atoms with E-state index in [0.29, 0.717) is 0 Å². The molecule has 0 saturated heterocycles. The second-order valence-corrected chi connectivity index (χ2v) is 4.47. The predicted molar refractivity (Wildman–Crippen MR) is 44.0 cm³/mol. The van der Waals surface area contributed by atoms with Crippen LogP contribution in [0, 0.1) is 0 Å². The maximum atomic E-state index is 12.7. The smallest absolute Gasteiger partial charge is 0.331 e. The van der Waals surface area contributed by atoms with Crippen LogP contribution in [0.15, 0.2) is 0 Å². The minimum absolute atomic E-state index is 1.05. The molecule has 0 aliphatic carbocycles. The van der Waals surface area contributed by atoms with Gasteiger partial charge in [0.05, 0.1) is 0 Å². The minimum atomic E-state index is -8.12. The van der Waals surface area contributed by atoms with Crippen molar-refractivity contribution < 1.29 is 84.5 Å². The molecule has 0 rings (SSSR count). The third-order valence-electron chi connectivity index (χ3n) is 2.51. The van der Waals surface area contributed by atoms with Gasteiger partial charge in [-0.1, -0.05) is 0 Å². The van der Waals surface area contributed by atoms with E-state index in [-0.39, 0.29) is 0 Å². The average molecular weight is 452 g/mol. The second-order valence-electron chi connectivity index (χ2n) is 4.47. The Bertz CT molecular complexity index is 492. The molecule has 0 aliphatic heterocycles. The van der Waals surface area contributed by atoms with Crippen LogP contribution in [0.5, 0.6) is 0 Å². The van der Waals surface area contributed by atoms with Gasteiger partial charge in [0.15, 0.2) is 0 Å². The fourth-order valence-electron chi connectivity index (χ4n) is 1.02. The summed E-state index contributed by atoms with van der Waals surface area (Å²) in [5.74, 6) is -31.8. The van der Waals surface area contributed by atoms with E-state index in [0.717, 1.165) is 4.74 Å². The summed E-state index contributed by atoms with van der Waals surface area (Å²) in [6, 6.07) is 0. The summed E-state index contributed by atoms with van der Waals surface area (Å²) in [5, 5.41) is 7.38. The van der Waals surface area contributed by atoms with E-state index < -0.39 is 48.2 Å². The maximum absolute atomic E-state index is 12.7. The van der Waals surface area contributed by atoms with Gasteiger partial charge in [-0.3, -0.25) is 0 Å². The van der Waals surface area contributed by atoms with E-state index in [1.54, 1.807) is 0 Å². The van der Waals surface area contributed by atoms with Crippen molar-refractivity contribution in [1.29, 1.82) is 0 Å². The number of halogens is 17. The molecule has 0 atom stereocenters. The minimum Gasteiger partial charge on any atom is -0.331 e. The van der Waals surface area contributed by atoms with Gasteiger partial charge in [-0.2, -0.15) is 74.6 Å². The van der Waals surface area contributed by atoms with Crippen molar-refractivity contribution in [2.75, 3.05) is 0 Å². The maximum Gasteiger partial charge on any atom is 0.460 e. The molecule has 27 heavy (non-hydrogen) atoms. The Morgan fingerprint density at radius 1 is 0.407 bits per heavy atom. The first-order valence-corrected chi connectivity index (χ1v) is 5.34. The first-order valence-electron chi connectivity index (χ1n) is 5.34. The first-order chi connectivity index (χ1) is 11.2. The molecule has 2 nitrogen and oxygen atoms in total. The summed E-state index contributed by atoms with van der Waals surface area (Å²) in [4.78, 5) is 0. The lowest BCUT2D eigenvalue weighted by Crippen LogP contribution is -2.67. The molecule has 0 aromatic rings. The van der Waals surface area contributed by atoms with Crippen LogP contribution in [0.4, 0.5) is 74.6 Å². The van der Waals surface area contributed by atoms with Crippen LogP contribution < -0.4 is 0 Å². The molecule has 0 fully saturated rings. The van der Waals surface area contributed by atoms with E-state index in [1.165, 1.54) is 0 Å². The van der Waals surface area contributed by atoms with Crippen LogP contribution in [0.2, 0.25) is 0 Å². The van der Waals surface area contributed by atoms with Crippen molar-refractivity contribution >= 4 is 0 Å². The standard InChI is InChI=1S/C8HF17O2/c9-1(10,5(17,18)19)3(13,14)7(22,23)27-8(24,25)4(15,16)2(11,12)6(20,21)26/h26H. The van der Waals surface area contributed by atoms with Crippen molar-refractivity contribution in [3.8, 4) is 0 Å². The number of alkyl halides is 17. The molecule has 0 spiro atoms. The van der Waals surface area contributed by atoms with Crippen LogP contribution >= 0.6 is 0 Å². The van der Waals surface area contributed by atoms with Gasteiger partial charge in [-0.25, -0.2) is 4.74 Å².